The zero-order chi connectivity index (χ0) is 14.7. The molecule has 22 heavy (non-hydrogen) atoms. The van der Waals surface area contributed by atoms with Crippen molar-refractivity contribution in [2.45, 2.75) is 83.2 Å². The molecule has 2 aliphatic heterocycles. The molecule has 3 nitrogen and oxygen atoms in total. The number of hydrogen-bond acceptors (Lipinski definition) is 2. The molecule has 3 unspecified atom stereocenters. The summed E-state index contributed by atoms with van der Waals surface area (Å²) in [6, 6.07) is 1.01. The first-order valence-corrected chi connectivity index (χ1v) is 9.32. The lowest BCUT2D eigenvalue weighted by Crippen LogP contribution is -2.45. The summed E-state index contributed by atoms with van der Waals surface area (Å²) >= 11 is 0. The van der Waals surface area contributed by atoms with E-state index in [0.29, 0.717) is 23.9 Å². The Hall–Kier alpha value is -0.280. The van der Waals surface area contributed by atoms with Gasteiger partial charge < -0.3 is 10.2 Å². The summed E-state index contributed by atoms with van der Waals surface area (Å²) in [5.41, 5.74) is 0. The molecule has 1 saturated carbocycles. The van der Waals surface area contributed by atoms with Gasteiger partial charge in [0.05, 0.1) is 0 Å². The van der Waals surface area contributed by atoms with Gasteiger partial charge in [0.15, 0.2) is 0 Å². The van der Waals surface area contributed by atoms with Gasteiger partial charge in [-0.1, -0.05) is 39.0 Å². The van der Waals surface area contributed by atoms with Crippen LogP contribution in [-0.4, -0.2) is 36.0 Å². The fraction of sp³-hybridized carbons (Fsp3) is 0.944. The molecular formula is C18H33ClN2O. The summed E-state index contributed by atoms with van der Waals surface area (Å²) in [5, 5.41) is 3.51. The minimum Gasteiger partial charge on any atom is -0.335 e. The Labute approximate surface area is 142 Å². The van der Waals surface area contributed by atoms with Gasteiger partial charge in [-0.3, -0.25) is 4.79 Å². The molecule has 1 amide bonds. The van der Waals surface area contributed by atoms with E-state index in [0.717, 1.165) is 44.7 Å². The van der Waals surface area contributed by atoms with Crippen molar-refractivity contribution in [1.82, 2.24) is 10.2 Å². The number of nitrogens with zero attached hydrogens (tertiary/aromatic N) is 1. The number of nitrogens with one attached hydrogen (secondary N) is 1. The minimum absolute atomic E-state index is 0. The van der Waals surface area contributed by atoms with Gasteiger partial charge in [0.2, 0.25) is 5.91 Å². The molecule has 3 fully saturated rings. The third-order valence-electron chi connectivity index (χ3n) is 5.99. The highest BCUT2D eigenvalue weighted by Crippen LogP contribution is 2.35. The molecule has 3 rings (SSSR count). The van der Waals surface area contributed by atoms with E-state index in [-0.39, 0.29) is 12.4 Å². The van der Waals surface area contributed by atoms with Crippen molar-refractivity contribution in [3.63, 3.8) is 0 Å². The largest absolute Gasteiger partial charge is 0.335 e. The van der Waals surface area contributed by atoms with Crippen LogP contribution < -0.4 is 5.32 Å². The second-order valence-corrected chi connectivity index (χ2v) is 7.50. The molecule has 3 atom stereocenters. The monoisotopic (exact) mass is 328 g/mol. The van der Waals surface area contributed by atoms with Crippen molar-refractivity contribution in [3.8, 4) is 0 Å². The van der Waals surface area contributed by atoms with Gasteiger partial charge in [-0.05, 0) is 44.6 Å². The molecule has 0 aromatic carbocycles. The van der Waals surface area contributed by atoms with Crippen molar-refractivity contribution < 1.29 is 4.79 Å². The summed E-state index contributed by atoms with van der Waals surface area (Å²) in [4.78, 5) is 15.5. The van der Waals surface area contributed by atoms with Gasteiger partial charge in [0.25, 0.3) is 0 Å². The first-order chi connectivity index (χ1) is 10.3. The number of carbonyl (C=O) groups is 1. The second-order valence-electron chi connectivity index (χ2n) is 7.50. The first-order valence-electron chi connectivity index (χ1n) is 9.32. The Balaban J connectivity index is 0.00000176. The van der Waals surface area contributed by atoms with Crippen LogP contribution in [0.15, 0.2) is 0 Å². The van der Waals surface area contributed by atoms with E-state index < -0.39 is 0 Å². The van der Waals surface area contributed by atoms with E-state index in [1.54, 1.807) is 0 Å². The predicted octanol–water partition coefficient (Wildman–Crippen LogP) is 3.76. The van der Waals surface area contributed by atoms with Crippen molar-refractivity contribution in [2.75, 3.05) is 13.1 Å². The number of rotatable bonds is 5. The van der Waals surface area contributed by atoms with Crippen molar-refractivity contribution in [2.24, 2.45) is 11.8 Å². The summed E-state index contributed by atoms with van der Waals surface area (Å²) < 4.78 is 0. The molecule has 0 spiro atoms. The van der Waals surface area contributed by atoms with Gasteiger partial charge in [0.1, 0.15) is 0 Å². The van der Waals surface area contributed by atoms with Crippen molar-refractivity contribution in [1.29, 1.82) is 0 Å². The molecule has 2 bridgehead atoms. The number of carbonyl (C=O) groups excluding carboxylic acids is 1. The highest BCUT2D eigenvalue weighted by Gasteiger charge is 2.40. The molecule has 1 aliphatic carbocycles. The lowest BCUT2D eigenvalue weighted by molar-refractivity contribution is -0.139. The molecule has 4 heteroatoms. The molecule has 2 saturated heterocycles. The molecule has 0 radical (unpaired) electrons. The number of hydrogen-bond donors (Lipinski definition) is 1. The van der Waals surface area contributed by atoms with Crippen LogP contribution >= 0.6 is 12.4 Å². The zero-order valence-corrected chi connectivity index (χ0v) is 14.9. The molecule has 128 valence electrons. The Bertz CT molecular complexity index is 343. The molecular weight excluding hydrogens is 296 g/mol. The maximum absolute atomic E-state index is 13.2. The van der Waals surface area contributed by atoms with E-state index in [1.807, 2.05) is 0 Å². The van der Waals surface area contributed by atoms with E-state index in [9.17, 15) is 4.79 Å². The highest BCUT2D eigenvalue weighted by molar-refractivity contribution is 5.85. The number of fused-ring (bicyclic) bond motifs is 2. The van der Waals surface area contributed by atoms with Gasteiger partial charge in [0, 0.05) is 24.5 Å². The fourth-order valence-corrected chi connectivity index (χ4v) is 4.89. The zero-order valence-electron chi connectivity index (χ0n) is 14.1. The minimum atomic E-state index is 0. The Morgan fingerprint density at radius 1 is 1.14 bits per heavy atom. The second kappa shape index (κ2) is 8.54. The Morgan fingerprint density at radius 3 is 2.59 bits per heavy atom. The van der Waals surface area contributed by atoms with E-state index >= 15 is 0 Å². The van der Waals surface area contributed by atoms with Crippen molar-refractivity contribution >= 4 is 18.3 Å². The SMILES string of the molecule is CCCC(CC1CCCC1)C(=O)N1C2CCNCC1CC2.Cl. The fourth-order valence-electron chi connectivity index (χ4n) is 4.89. The third kappa shape index (κ3) is 3.97. The Morgan fingerprint density at radius 2 is 1.86 bits per heavy atom. The van der Waals surface area contributed by atoms with Crippen LogP contribution in [0.2, 0.25) is 0 Å². The number of halogens is 1. The van der Waals surface area contributed by atoms with E-state index in [2.05, 4.69) is 17.1 Å². The molecule has 1 N–H and O–H groups in total. The van der Waals surface area contributed by atoms with Gasteiger partial charge in [-0.2, -0.15) is 0 Å². The van der Waals surface area contributed by atoms with Gasteiger partial charge >= 0.3 is 0 Å². The van der Waals surface area contributed by atoms with Crippen LogP contribution in [0.25, 0.3) is 0 Å². The topological polar surface area (TPSA) is 32.3 Å². The van der Waals surface area contributed by atoms with Crippen LogP contribution in [0, 0.1) is 11.8 Å². The van der Waals surface area contributed by atoms with Crippen LogP contribution in [0.1, 0.15) is 71.1 Å². The maximum atomic E-state index is 13.2. The third-order valence-corrected chi connectivity index (χ3v) is 5.99. The summed E-state index contributed by atoms with van der Waals surface area (Å²) in [5.74, 6) is 1.63. The van der Waals surface area contributed by atoms with E-state index in [1.165, 1.54) is 38.5 Å². The highest BCUT2D eigenvalue weighted by atomic mass is 35.5. The molecule has 2 heterocycles. The molecule has 0 aromatic heterocycles. The summed E-state index contributed by atoms with van der Waals surface area (Å²) in [7, 11) is 0. The van der Waals surface area contributed by atoms with Gasteiger partial charge in [-0.25, -0.2) is 0 Å². The van der Waals surface area contributed by atoms with Gasteiger partial charge in [-0.15, -0.1) is 12.4 Å². The predicted molar refractivity (Wildman–Crippen MR) is 93.4 cm³/mol. The van der Waals surface area contributed by atoms with Crippen LogP contribution in [0.4, 0.5) is 0 Å². The average Bonchev–Trinajstić information content (AvgIpc) is 3.04. The normalized spacial score (nSPS) is 30.0. The summed E-state index contributed by atoms with van der Waals surface area (Å²) in [6.45, 7) is 4.34. The Kier molecular flexibility index (Phi) is 7.01. The summed E-state index contributed by atoms with van der Waals surface area (Å²) in [6.07, 6.45) is 12.5. The quantitative estimate of drug-likeness (QED) is 0.833. The van der Waals surface area contributed by atoms with Crippen molar-refractivity contribution in [3.05, 3.63) is 0 Å². The molecule has 3 aliphatic rings. The molecule has 0 aromatic rings. The standard InChI is InChI=1S/C18H32N2O.ClH/c1-2-5-15(12-14-6-3-4-7-14)18(21)20-16-8-9-17(20)13-19-11-10-16;/h14-17,19H,2-13H2,1H3;1H. The maximum Gasteiger partial charge on any atom is 0.226 e. The van der Waals surface area contributed by atoms with Crippen LogP contribution in [0.3, 0.4) is 0 Å². The lowest BCUT2D eigenvalue weighted by Gasteiger charge is -2.32. The first kappa shape index (κ1) is 18.1. The number of amides is 1. The lowest BCUT2D eigenvalue weighted by atomic mass is 9.88. The van der Waals surface area contributed by atoms with E-state index in [4.69, 9.17) is 0 Å². The average molecular weight is 329 g/mol. The smallest absolute Gasteiger partial charge is 0.226 e. The van der Waals surface area contributed by atoms with Crippen LogP contribution in [-0.2, 0) is 4.79 Å². The van der Waals surface area contributed by atoms with Crippen LogP contribution in [0.5, 0.6) is 0 Å².